The lowest BCUT2D eigenvalue weighted by atomic mass is 10.1. The molecular weight excluding hydrogens is 360 g/mol. The first kappa shape index (κ1) is 18.5. The van der Waals surface area contributed by atoms with Gasteiger partial charge < -0.3 is 14.4 Å². The molecule has 2 fully saturated rings. The number of carbonyl (C=O) groups excluding carboxylic acids is 1. The monoisotopic (exact) mass is 386 g/mol. The third kappa shape index (κ3) is 4.89. The highest BCUT2D eigenvalue weighted by molar-refractivity contribution is 7.09. The second-order valence-electron chi connectivity index (χ2n) is 7.12. The van der Waals surface area contributed by atoms with Gasteiger partial charge in [0.2, 0.25) is 0 Å². The highest BCUT2D eigenvalue weighted by Gasteiger charge is 2.23. The molecule has 1 unspecified atom stereocenters. The zero-order chi connectivity index (χ0) is 18.5. The molecular formula is C21H26N2O3S. The molecule has 0 N–H and O–H groups in total. The van der Waals surface area contributed by atoms with E-state index in [1.165, 1.54) is 4.88 Å². The van der Waals surface area contributed by atoms with Gasteiger partial charge in [-0.05, 0) is 42.5 Å². The fourth-order valence-electron chi connectivity index (χ4n) is 3.60. The summed E-state index contributed by atoms with van der Waals surface area (Å²) in [7, 11) is 0. The van der Waals surface area contributed by atoms with Crippen molar-refractivity contribution in [3.8, 4) is 5.75 Å². The minimum absolute atomic E-state index is 0.0911. The number of hydrogen-bond donors (Lipinski definition) is 0. The van der Waals surface area contributed by atoms with Gasteiger partial charge in [0.25, 0.3) is 5.91 Å². The van der Waals surface area contributed by atoms with Crippen molar-refractivity contribution in [1.29, 1.82) is 0 Å². The SMILES string of the molecule is O=C(c1cccc(OCC2CCCO2)c1)N1CCN(Cc2cccs2)CC1. The minimum atomic E-state index is 0.0911. The van der Waals surface area contributed by atoms with Gasteiger partial charge in [-0.15, -0.1) is 11.3 Å². The molecule has 0 spiro atoms. The summed E-state index contributed by atoms with van der Waals surface area (Å²) in [5.74, 6) is 0.834. The Hall–Kier alpha value is -1.89. The van der Waals surface area contributed by atoms with Crippen molar-refractivity contribution in [3.05, 3.63) is 52.2 Å². The third-order valence-corrected chi connectivity index (χ3v) is 6.02. The van der Waals surface area contributed by atoms with Crippen molar-refractivity contribution in [2.45, 2.75) is 25.5 Å². The van der Waals surface area contributed by atoms with E-state index in [4.69, 9.17) is 9.47 Å². The Kier molecular flexibility index (Phi) is 6.07. The molecule has 27 heavy (non-hydrogen) atoms. The molecule has 3 heterocycles. The molecule has 0 aliphatic carbocycles. The topological polar surface area (TPSA) is 42.0 Å². The van der Waals surface area contributed by atoms with Crippen LogP contribution in [0.3, 0.4) is 0 Å². The number of benzene rings is 1. The van der Waals surface area contributed by atoms with E-state index in [0.29, 0.717) is 12.2 Å². The number of carbonyl (C=O) groups is 1. The lowest BCUT2D eigenvalue weighted by Gasteiger charge is -2.34. The van der Waals surface area contributed by atoms with Crippen molar-refractivity contribution in [2.75, 3.05) is 39.4 Å². The Morgan fingerprint density at radius 3 is 2.81 bits per heavy atom. The molecule has 2 aliphatic heterocycles. The first-order valence-electron chi connectivity index (χ1n) is 9.66. The zero-order valence-electron chi connectivity index (χ0n) is 15.5. The van der Waals surface area contributed by atoms with Crippen LogP contribution in [0.1, 0.15) is 28.1 Å². The smallest absolute Gasteiger partial charge is 0.254 e. The van der Waals surface area contributed by atoms with Crippen molar-refractivity contribution in [1.82, 2.24) is 9.80 Å². The molecule has 2 saturated heterocycles. The average Bonchev–Trinajstić information content (AvgIpc) is 3.41. The highest BCUT2D eigenvalue weighted by atomic mass is 32.1. The first-order chi connectivity index (χ1) is 13.3. The summed E-state index contributed by atoms with van der Waals surface area (Å²) < 4.78 is 11.4. The summed E-state index contributed by atoms with van der Waals surface area (Å²) in [4.78, 5) is 18.6. The highest BCUT2D eigenvalue weighted by Crippen LogP contribution is 2.19. The summed E-state index contributed by atoms with van der Waals surface area (Å²) in [6.45, 7) is 5.73. The summed E-state index contributed by atoms with van der Waals surface area (Å²) in [6, 6.07) is 11.8. The van der Waals surface area contributed by atoms with E-state index in [1.54, 1.807) is 11.3 Å². The molecule has 1 amide bonds. The molecule has 2 aromatic rings. The van der Waals surface area contributed by atoms with E-state index in [-0.39, 0.29) is 12.0 Å². The molecule has 6 heteroatoms. The molecule has 1 aromatic heterocycles. The Labute approximate surface area is 164 Å². The zero-order valence-corrected chi connectivity index (χ0v) is 16.3. The Bertz CT molecular complexity index is 736. The summed E-state index contributed by atoms with van der Waals surface area (Å²) in [6.07, 6.45) is 2.33. The number of amides is 1. The summed E-state index contributed by atoms with van der Waals surface area (Å²) >= 11 is 1.79. The van der Waals surface area contributed by atoms with Crippen molar-refractivity contribution >= 4 is 17.2 Å². The first-order valence-corrected chi connectivity index (χ1v) is 10.5. The van der Waals surface area contributed by atoms with E-state index in [1.807, 2.05) is 29.2 Å². The number of rotatable bonds is 6. The normalized spacial score (nSPS) is 20.7. The molecule has 1 aromatic carbocycles. The van der Waals surface area contributed by atoms with Crippen LogP contribution in [0.25, 0.3) is 0 Å². The van der Waals surface area contributed by atoms with Crippen LogP contribution in [-0.2, 0) is 11.3 Å². The quantitative estimate of drug-likeness (QED) is 0.764. The van der Waals surface area contributed by atoms with Gasteiger partial charge in [0.1, 0.15) is 12.4 Å². The maximum absolute atomic E-state index is 12.9. The summed E-state index contributed by atoms with van der Waals surface area (Å²) in [5, 5.41) is 2.11. The molecule has 5 nitrogen and oxygen atoms in total. The second kappa shape index (κ2) is 8.87. The largest absolute Gasteiger partial charge is 0.491 e. The minimum Gasteiger partial charge on any atom is -0.491 e. The van der Waals surface area contributed by atoms with Gasteiger partial charge in [0.05, 0.1) is 6.10 Å². The van der Waals surface area contributed by atoms with Gasteiger partial charge in [-0.1, -0.05) is 12.1 Å². The molecule has 2 aliphatic rings. The van der Waals surface area contributed by atoms with Crippen LogP contribution in [0.4, 0.5) is 0 Å². The maximum Gasteiger partial charge on any atom is 0.254 e. The number of hydrogen-bond acceptors (Lipinski definition) is 5. The van der Waals surface area contributed by atoms with Crippen molar-refractivity contribution < 1.29 is 14.3 Å². The van der Waals surface area contributed by atoms with Crippen molar-refractivity contribution in [2.24, 2.45) is 0 Å². The maximum atomic E-state index is 12.9. The number of nitrogens with zero attached hydrogens (tertiary/aromatic N) is 2. The van der Waals surface area contributed by atoms with Crippen LogP contribution in [0, 0.1) is 0 Å². The second-order valence-corrected chi connectivity index (χ2v) is 8.15. The third-order valence-electron chi connectivity index (χ3n) is 5.16. The Morgan fingerprint density at radius 2 is 2.07 bits per heavy atom. The van der Waals surface area contributed by atoms with Crippen LogP contribution in [0.15, 0.2) is 41.8 Å². The average molecular weight is 387 g/mol. The van der Waals surface area contributed by atoms with E-state index >= 15 is 0 Å². The van der Waals surface area contributed by atoms with E-state index in [0.717, 1.165) is 57.9 Å². The number of ether oxygens (including phenoxy) is 2. The van der Waals surface area contributed by atoms with Gasteiger partial charge in [0, 0.05) is 49.8 Å². The van der Waals surface area contributed by atoms with Gasteiger partial charge in [-0.3, -0.25) is 9.69 Å². The Morgan fingerprint density at radius 1 is 1.19 bits per heavy atom. The lowest BCUT2D eigenvalue weighted by molar-refractivity contribution is 0.0626. The van der Waals surface area contributed by atoms with Crippen LogP contribution >= 0.6 is 11.3 Å². The molecule has 4 rings (SSSR count). The fourth-order valence-corrected chi connectivity index (χ4v) is 4.34. The Balaban J connectivity index is 1.29. The van der Waals surface area contributed by atoms with Gasteiger partial charge in [0.15, 0.2) is 0 Å². The van der Waals surface area contributed by atoms with Crippen LogP contribution < -0.4 is 4.74 Å². The molecule has 144 valence electrons. The molecule has 0 saturated carbocycles. The van der Waals surface area contributed by atoms with Crippen LogP contribution in [0.2, 0.25) is 0 Å². The van der Waals surface area contributed by atoms with Crippen molar-refractivity contribution in [3.63, 3.8) is 0 Å². The van der Waals surface area contributed by atoms with Gasteiger partial charge in [-0.2, -0.15) is 0 Å². The van der Waals surface area contributed by atoms with E-state index < -0.39 is 0 Å². The number of piperazine rings is 1. The fraction of sp³-hybridized carbons (Fsp3) is 0.476. The van der Waals surface area contributed by atoms with E-state index in [2.05, 4.69) is 22.4 Å². The van der Waals surface area contributed by atoms with Gasteiger partial charge >= 0.3 is 0 Å². The van der Waals surface area contributed by atoms with Crippen LogP contribution in [-0.4, -0.2) is 61.2 Å². The van der Waals surface area contributed by atoms with Crippen LogP contribution in [0.5, 0.6) is 5.75 Å². The molecule has 1 atom stereocenters. The molecule has 0 bridgehead atoms. The van der Waals surface area contributed by atoms with E-state index in [9.17, 15) is 4.79 Å². The summed E-state index contributed by atoms with van der Waals surface area (Å²) in [5.41, 5.74) is 0.701. The molecule has 0 radical (unpaired) electrons. The predicted octanol–water partition coefficient (Wildman–Crippen LogP) is 3.26. The lowest BCUT2D eigenvalue weighted by Crippen LogP contribution is -2.48. The van der Waals surface area contributed by atoms with Gasteiger partial charge in [-0.25, -0.2) is 0 Å². The number of thiophene rings is 1. The predicted molar refractivity (Wildman–Crippen MR) is 106 cm³/mol. The standard InChI is InChI=1S/C21H26N2O3S/c24-21(23-10-8-22(9-11-23)15-20-7-3-13-27-20)17-4-1-5-18(14-17)26-16-19-6-2-12-25-19/h1,3-5,7,13-14,19H,2,6,8-12,15-16H2.